The van der Waals surface area contributed by atoms with Crippen LogP contribution in [0.4, 0.5) is 0 Å². The standard InChI is InChI=1S/C21H25N5O/c1-14-19(15(2)25-24-14)12-23-21(27)18-7-5-6-17(10-18)20-9-8-16(11-22-20)13-26(3)4/h5-11H,12-13H2,1-4H3,(H,23,27)(H,24,25). The number of hydrogen-bond acceptors (Lipinski definition) is 4. The van der Waals surface area contributed by atoms with Gasteiger partial charge in [0.05, 0.1) is 11.4 Å². The number of aromatic amines is 1. The van der Waals surface area contributed by atoms with Crippen molar-refractivity contribution in [1.29, 1.82) is 0 Å². The maximum atomic E-state index is 12.6. The molecule has 0 saturated heterocycles. The molecule has 6 nitrogen and oxygen atoms in total. The van der Waals surface area contributed by atoms with Gasteiger partial charge in [0.1, 0.15) is 0 Å². The summed E-state index contributed by atoms with van der Waals surface area (Å²) in [5.41, 5.74) is 6.46. The van der Waals surface area contributed by atoms with Crippen LogP contribution in [0.3, 0.4) is 0 Å². The van der Waals surface area contributed by atoms with Crippen LogP contribution in [0.1, 0.15) is 32.9 Å². The molecule has 6 heteroatoms. The van der Waals surface area contributed by atoms with Gasteiger partial charge in [0.15, 0.2) is 0 Å². The summed E-state index contributed by atoms with van der Waals surface area (Å²) in [7, 11) is 4.06. The molecule has 2 aromatic heterocycles. The first-order valence-electron chi connectivity index (χ1n) is 8.93. The fourth-order valence-electron chi connectivity index (χ4n) is 2.98. The molecule has 140 valence electrons. The second-order valence-corrected chi connectivity index (χ2v) is 6.97. The lowest BCUT2D eigenvalue weighted by atomic mass is 10.1. The van der Waals surface area contributed by atoms with E-state index in [0.717, 1.165) is 40.3 Å². The van der Waals surface area contributed by atoms with Crippen LogP contribution in [0.25, 0.3) is 11.3 Å². The van der Waals surface area contributed by atoms with Crippen molar-refractivity contribution in [2.45, 2.75) is 26.9 Å². The van der Waals surface area contributed by atoms with E-state index in [4.69, 9.17) is 0 Å². The Kier molecular flexibility index (Phi) is 5.66. The molecule has 0 bridgehead atoms. The molecule has 0 aliphatic carbocycles. The van der Waals surface area contributed by atoms with E-state index in [1.165, 1.54) is 0 Å². The predicted molar refractivity (Wildman–Crippen MR) is 106 cm³/mol. The minimum absolute atomic E-state index is 0.110. The van der Waals surface area contributed by atoms with Gasteiger partial charge < -0.3 is 10.2 Å². The number of nitrogens with one attached hydrogen (secondary N) is 2. The molecular weight excluding hydrogens is 338 g/mol. The Morgan fingerprint density at radius 3 is 2.63 bits per heavy atom. The number of aromatic nitrogens is 3. The Morgan fingerprint density at radius 2 is 2.00 bits per heavy atom. The summed E-state index contributed by atoms with van der Waals surface area (Å²) in [6, 6.07) is 11.6. The van der Waals surface area contributed by atoms with Crippen molar-refractivity contribution >= 4 is 5.91 Å². The summed E-state index contributed by atoms with van der Waals surface area (Å²) in [6.45, 7) is 5.18. The number of pyridine rings is 1. The molecule has 0 aliphatic heterocycles. The fraction of sp³-hybridized carbons (Fsp3) is 0.286. The molecule has 0 saturated carbocycles. The summed E-state index contributed by atoms with van der Waals surface area (Å²) >= 11 is 0. The van der Waals surface area contributed by atoms with Crippen LogP contribution in [-0.2, 0) is 13.1 Å². The highest BCUT2D eigenvalue weighted by atomic mass is 16.1. The Morgan fingerprint density at radius 1 is 1.19 bits per heavy atom. The molecule has 3 aromatic rings. The monoisotopic (exact) mass is 363 g/mol. The van der Waals surface area contributed by atoms with Crippen LogP contribution in [0, 0.1) is 13.8 Å². The highest BCUT2D eigenvalue weighted by molar-refractivity contribution is 5.95. The molecule has 3 rings (SSSR count). The van der Waals surface area contributed by atoms with E-state index < -0.39 is 0 Å². The molecule has 0 unspecified atom stereocenters. The number of amides is 1. The molecular formula is C21H25N5O. The SMILES string of the molecule is Cc1n[nH]c(C)c1CNC(=O)c1cccc(-c2ccc(CN(C)C)cn2)c1. The molecule has 2 heterocycles. The molecule has 27 heavy (non-hydrogen) atoms. The second-order valence-electron chi connectivity index (χ2n) is 6.97. The second kappa shape index (κ2) is 8.14. The first kappa shape index (κ1) is 18.8. The molecule has 0 radical (unpaired) electrons. The third kappa shape index (κ3) is 4.60. The van der Waals surface area contributed by atoms with Gasteiger partial charge in [-0.05, 0) is 51.7 Å². The summed E-state index contributed by atoms with van der Waals surface area (Å²) < 4.78 is 0. The van der Waals surface area contributed by atoms with E-state index in [1.54, 1.807) is 0 Å². The number of rotatable bonds is 6. The van der Waals surface area contributed by atoms with Crippen LogP contribution in [-0.4, -0.2) is 40.1 Å². The lowest BCUT2D eigenvalue weighted by Crippen LogP contribution is -2.23. The maximum absolute atomic E-state index is 12.6. The molecule has 1 aromatic carbocycles. The number of benzene rings is 1. The van der Waals surface area contributed by atoms with Crippen molar-refractivity contribution in [3.8, 4) is 11.3 Å². The number of carbonyl (C=O) groups is 1. The van der Waals surface area contributed by atoms with Crippen LogP contribution >= 0.6 is 0 Å². The Labute approximate surface area is 159 Å². The van der Waals surface area contributed by atoms with E-state index in [-0.39, 0.29) is 5.91 Å². The molecule has 2 N–H and O–H groups in total. The molecule has 0 atom stereocenters. The normalized spacial score (nSPS) is 11.0. The molecule has 1 amide bonds. The first-order valence-corrected chi connectivity index (χ1v) is 8.93. The zero-order chi connectivity index (χ0) is 19.4. The minimum Gasteiger partial charge on any atom is -0.348 e. The topological polar surface area (TPSA) is 73.9 Å². The van der Waals surface area contributed by atoms with Gasteiger partial charge in [-0.1, -0.05) is 18.2 Å². The van der Waals surface area contributed by atoms with Gasteiger partial charge >= 0.3 is 0 Å². The third-order valence-corrected chi connectivity index (χ3v) is 4.45. The Hall–Kier alpha value is -2.99. The highest BCUT2D eigenvalue weighted by Gasteiger charge is 2.11. The average Bonchev–Trinajstić information content (AvgIpc) is 2.98. The van der Waals surface area contributed by atoms with Gasteiger partial charge in [0.2, 0.25) is 0 Å². The smallest absolute Gasteiger partial charge is 0.251 e. The molecule has 0 aliphatic rings. The van der Waals surface area contributed by atoms with Gasteiger partial charge in [-0.25, -0.2) is 0 Å². The van der Waals surface area contributed by atoms with Gasteiger partial charge in [0.25, 0.3) is 5.91 Å². The van der Waals surface area contributed by atoms with Crippen LogP contribution in [0.5, 0.6) is 0 Å². The zero-order valence-electron chi connectivity index (χ0n) is 16.2. The third-order valence-electron chi connectivity index (χ3n) is 4.45. The van der Waals surface area contributed by atoms with Crippen LogP contribution < -0.4 is 5.32 Å². The van der Waals surface area contributed by atoms with Crippen LogP contribution in [0.15, 0.2) is 42.6 Å². The Bertz CT molecular complexity index is 908. The summed E-state index contributed by atoms with van der Waals surface area (Å²) in [5, 5.41) is 10.1. The highest BCUT2D eigenvalue weighted by Crippen LogP contribution is 2.19. The van der Waals surface area contributed by atoms with E-state index >= 15 is 0 Å². The zero-order valence-corrected chi connectivity index (χ0v) is 16.2. The number of H-pyrrole nitrogens is 1. The minimum atomic E-state index is -0.110. The van der Waals surface area contributed by atoms with Crippen molar-refractivity contribution in [3.63, 3.8) is 0 Å². The number of nitrogens with zero attached hydrogens (tertiary/aromatic N) is 3. The van der Waals surface area contributed by atoms with E-state index in [0.29, 0.717) is 12.1 Å². The van der Waals surface area contributed by atoms with Crippen LogP contribution in [0.2, 0.25) is 0 Å². The number of carbonyl (C=O) groups excluding carboxylic acids is 1. The fourth-order valence-corrected chi connectivity index (χ4v) is 2.98. The summed E-state index contributed by atoms with van der Waals surface area (Å²) in [5.74, 6) is -0.110. The number of hydrogen-bond donors (Lipinski definition) is 2. The van der Waals surface area contributed by atoms with Gasteiger partial charge in [-0.15, -0.1) is 0 Å². The quantitative estimate of drug-likeness (QED) is 0.706. The first-order chi connectivity index (χ1) is 12.9. The van der Waals surface area contributed by atoms with Gasteiger partial charge in [-0.3, -0.25) is 14.9 Å². The maximum Gasteiger partial charge on any atom is 0.251 e. The summed E-state index contributed by atoms with van der Waals surface area (Å²) in [6.07, 6.45) is 1.88. The summed E-state index contributed by atoms with van der Waals surface area (Å²) in [4.78, 5) is 19.2. The molecule has 0 fully saturated rings. The lowest BCUT2D eigenvalue weighted by Gasteiger charge is -2.10. The lowest BCUT2D eigenvalue weighted by molar-refractivity contribution is 0.0951. The van der Waals surface area contributed by atoms with Gasteiger partial charge in [0, 0.05) is 41.7 Å². The van der Waals surface area contributed by atoms with E-state index in [2.05, 4.69) is 31.5 Å². The van der Waals surface area contributed by atoms with Crippen molar-refractivity contribution in [3.05, 3.63) is 70.7 Å². The van der Waals surface area contributed by atoms with E-state index in [9.17, 15) is 4.79 Å². The van der Waals surface area contributed by atoms with Crippen molar-refractivity contribution < 1.29 is 4.79 Å². The van der Waals surface area contributed by atoms with E-state index in [1.807, 2.05) is 64.5 Å². The van der Waals surface area contributed by atoms with Crippen molar-refractivity contribution in [2.75, 3.05) is 14.1 Å². The predicted octanol–water partition coefficient (Wildman–Crippen LogP) is 3.08. The van der Waals surface area contributed by atoms with Crippen molar-refractivity contribution in [1.82, 2.24) is 25.4 Å². The Balaban J connectivity index is 1.72. The van der Waals surface area contributed by atoms with Gasteiger partial charge in [-0.2, -0.15) is 5.10 Å². The van der Waals surface area contributed by atoms with Crippen molar-refractivity contribution in [2.24, 2.45) is 0 Å². The number of aryl methyl sites for hydroxylation is 2. The largest absolute Gasteiger partial charge is 0.348 e. The average molecular weight is 363 g/mol. The molecule has 0 spiro atoms.